The molecule has 0 atom stereocenters. The SMILES string of the molecule is Clc1ccc2cc3n(c2c1)CCNN3. The van der Waals surface area contributed by atoms with E-state index in [1.165, 1.54) is 10.9 Å². The van der Waals surface area contributed by atoms with E-state index < -0.39 is 0 Å². The minimum atomic E-state index is 0.789. The van der Waals surface area contributed by atoms with Crippen molar-refractivity contribution in [2.45, 2.75) is 6.54 Å². The lowest BCUT2D eigenvalue weighted by molar-refractivity contribution is 0.612. The fourth-order valence-corrected chi connectivity index (χ4v) is 2.06. The van der Waals surface area contributed by atoms with Crippen molar-refractivity contribution in [3.8, 4) is 0 Å². The van der Waals surface area contributed by atoms with Crippen molar-refractivity contribution < 1.29 is 0 Å². The Bertz CT molecular complexity index is 489. The molecule has 0 saturated carbocycles. The number of hydrogen-bond acceptors (Lipinski definition) is 2. The number of aromatic nitrogens is 1. The van der Waals surface area contributed by atoms with Gasteiger partial charge in [0.1, 0.15) is 5.82 Å². The Morgan fingerprint density at radius 3 is 3.14 bits per heavy atom. The zero-order chi connectivity index (χ0) is 9.54. The van der Waals surface area contributed by atoms with E-state index in [2.05, 4.69) is 21.5 Å². The van der Waals surface area contributed by atoms with Crippen LogP contribution < -0.4 is 10.9 Å². The van der Waals surface area contributed by atoms with Gasteiger partial charge in [-0.3, -0.25) is 0 Å². The van der Waals surface area contributed by atoms with Crippen LogP contribution in [-0.2, 0) is 6.54 Å². The molecule has 3 nitrogen and oxygen atoms in total. The van der Waals surface area contributed by atoms with Crippen molar-refractivity contribution in [2.75, 3.05) is 12.0 Å². The van der Waals surface area contributed by atoms with Crippen LogP contribution in [0.4, 0.5) is 5.82 Å². The van der Waals surface area contributed by atoms with Crippen molar-refractivity contribution in [1.82, 2.24) is 9.99 Å². The first-order valence-electron chi connectivity index (χ1n) is 4.62. The molecule has 0 saturated heterocycles. The van der Waals surface area contributed by atoms with Gasteiger partial charge in [0.15, 0.2) is 0 Å². The summed E-state index contributed by atoms with van der Waals surface area (Å²) in [6, 6.07) is 8.10. The van der Waals surface area contributed by atoms with Crippen LogP contribution in [-0.4, -0.2) is 11.1 Å². The summed E-state index contributed by atoms with van der Waals surface area (Å²) in [5, 5.41) is 2.01. The van der Waals surface area contributed by atoms with E-state index in [0.717, 1.165) is 23.9 Å². The Balaban J connectivity index is 2.32. The summed E-state index contributed by atoms with van der Waals surface area (Å²) >= 11 is 5.97. The van der Waals surface area contributed by atoms with E-state index >= 15 is 0 Å². The summed E-state index contributed by atoms with van der Waals surface area (Å²) < 4.78 is 2.23. The average Bonchev–Trinajstić information content (AvgIpc) is 2.56. The highest BCUT2D eigenvalue weighted by Gasteiger charge is 2.11. The Kier molecular flexibility index (Phi) is 1.69. The molecule has 14 heavy (non-hydrogen) atoms. The molecule has 1 aliphatic heterocycles. The van der Waals surface area contributed by atoms with Crippen molar-refractivity contribution in [1.29, 1.82) is 0 Å². The van der Waals surface area contributed by atoms with E-state index in [0.29, 0.717) is 0 Å². The quantitative estimate of drug-likeness (QED) is 0.694. The summed E-state index contributed by atoms with van der Waals surface area (Å²) in [5.41, 5.74) is 7.45. The van der Waals surface area contributed by atoms with Gasteiger partial charge in [-0.25, -0.2) is 5.43 Å². The molecule has 0 fully saturated rings. The minimum absolute atomic E-state index is 0.789. The van der Waals surface area contributed by atoms with Gasteiger partial charge in [0.05, 0.1) is 5.52 Å². The summed E-state index contributed by atoms with van der Waals surface area (Å²) in [7, 11) is 0. The first-order valence-corrected chi connectivity index (χ1v) is 5.00. The molecule has 1 aromatic heterocycles. The van der Waals surface area contributed by atoms with Gasteiger partial charge in [-0.15, -0.1) is 0 Å². The van der Waals surface area contributed by atoms with Crippen LogP contribution in [0.25, 0.3) is 10.9 Å². The summed E-state index contributed by atoms with van der Waals surface area (Å²) in [4.78, 5) is 0. The van der Waals surface area contributed by atoms with Crippen molar-refractivity contribution in [2.24, 2.45) is 0 Å². The summed E-state index contributed by atoms with van der Waals surface area (Å²) in [6.45, 7) is 1.91. The number of hydrazine groups is 1. The van der Waals surface area contributed by atoms with Gasteiger partial charge in [0.25, 0.3) is 0 Å². The van der Waals surface area contributed by atoms with Gasteiger partial charge in [-0.1, -0.05) is 17.7 Å². The Morgan fingerprint density at radius 1 is 1.29 bits per heavy atom. The number of hydrogen-bond donors (Lipinski definition) is 2. The van der Waals surface area contributed by atoms with Gasteiger partial charge >= 0.3 is 0 Å². The van der Waals surface area contributed by atoms with Gasteiger partial charge in [0.2, 0.25) is 0 Å². The second kappa shape index (κ2) is 2.90. The maximum Gasteiger partial charge on any atom is 0.121 e. The second-order valence-electron chi connectivity index (χ2n) is 3.44. The van der Waals surface area contributed by atoms with Crippen LogP contribution in [0, 0.1) is 0 Å². The van der Waals surface area contributed by atoms with E-state index in [9.17, 15) is 0 Å². The maximum atomic E-state index is 5.97. The molecule has 2 heterocycles. The zero-order valence-corrected chi connectivity index (χ0v) is 8.30. The van der Waals surface area contributed by atoms with E-state index in [1.54, 1.807) is 0 Å². The predicted octanol–water partition coefficient (Wildman–Crippen LogP) is 2.22. The topological polar surface area (TPSA) is 29.0 Å². The molecule has 1 aliphatic rings. The standard InChI is InChI=1S/C10H10ClN3/c11-8-2-1-7-5-10-13-12-3-4-14(10)9(7)6-8/h1-2,5-6,12-13H,3-4H2. The largest absolute Gasteiger partial charge is 0.325 e. The molecular formula is C10H10ClN3. The monoisotopic (exact) mass is 207 g/mol. The lowest BCUT2D eigenvalue weighted by Gasteiger charge is -2.18. The van der Waals surface area contributed by atoms with Crippen LogP contribution in [0.1, 0.15) is 0 Å². The van der Waals surface area contributed by atoms with Gasteiger partial charge in [0, 0.05) is 23.5 Å². The highest BCUT2D eigenvalue weighted by molar-refractivity contribution is 6.31. The first kappa shape index (κ1) is 8.15. The van der Waals surface area contributed by atoms with Crippen molar-refractivity contribution in [3.63, 3.8) is 0 Å². The molecule has 0 amide bonds. The Morgan fingerprint density at radius 2 is 2.21 bits per heavy atom. The minimum Gasteiger partial charge on any atom is -0.325 e. The van der Waals surface area contributed by atoms with Crippen molar-refractivity contribution >= 4 is 28.3 Å². The molecule has 0 bridgehead atoms. The smallest absolute Gasteiger partial charge is 0.121 e. The molecule has 0 aliphatic carbocycles. The number of anilines is 1. The van der Waals surface area contributed by atoms with E-state index in [-0.39, 0.29) is 0 Å². The second-order valence-corrected chi connectivity index (χ2v) is 3.87. The van der Waals surface area contributed by atoms with Crippen LogP contribution in [0.2, 0.25) is 5.02 Å². The molecule has 1 aromatic carbocycles. The van der Waals surface area contributed by atoms with Crippen LogP contribution in [0.5, 0.6) is 0 Å². The van der Waals surface area contributed by atoms with Crippen LogP contribution in [0.3, 0.4) is 0 Å². The van der Waals surface area contributed by atoms with Crippen LogP contribution >= 0.6 is 11.6 Å². The molecule has 4 heteroatoms. The zero-order valence-electron chi connectivity index (χ0n) is 7.55. The molecule has 3 rings (SSSR count). The summed E-state index contributed by atoms with van der Waals surface area (Å²) in [6.07, 6.45) is 0. The lowest BCUT2D eigenvalue weighted by atomic mass is 10.2. The third kappa shape index (κ3) is 1.10. The normalized spacial score (nSPS) is 15.2. The molecule has 0 radical (unpaired) electrons. The molecular weight excluding hydrogens is 198 g/mol. The van der Waals surface area contributed by atoms with E-state index in [4.69, 9.17) is 11.6 Å². The van der Waals surface area contributed by atoms with Crippen LogP contribution in [0.15, 0.2) is 24.3 Å². The number of halogens is 1. The molecule has 0 spiro atoms. The average molecular weight is 208 g/mol. The molecule has 2 N–H and O–H groups in total. The number of rotatable bonds is 0. The Hall–Kier alpha value is -1.19. The van der Waals surface area contributed by atoms with Gasteiger partial charge in [-0.05, 0) is 18.2 Å². The third-order valence-corrected chi connectivity index (χ3v) is 2.78. The lowest BCUT2D eigenvalue weighted by Crippen LogP contribution is -2.32. The van der Waals surface area contributed by atoms with Gasteiger partial charge < -0.3 is 9.99 Å². The number of benzene rings is 1. The first-order chi connectivity index (χ1) is 6.84. The number of fused-ring (bicyclic) bond motifs is 3. The summed E-state index contributed by atoms with van der Waals surface area (Å²) in [5.74, 6) is 1.11. The fraction of sp³-hybridized carbons (Fsp3) is 0.200. The van der Waals surface area contributed by atoms with Gasteiger partial charge in [-0.2, -0.15) is 0 Å². The third-order valence-electron chi connectivity index (χ3n) is 2.54. The number of nitrogens with zero attached hydrogens (tertiary/aromatic N) is 1. The van der Waals surface area contributed by atoms with Crippen molar-refractivity contribution in [3.05, 3.63) is 29.3 Å². The molecule has 0 unspecified atom stereocenters. The highest BCUT2D eigenvalue weighted by Crippen LogP contribution is 2.26. The molecule has 72 valence electrons. The predicted molar refractivity (Wildman–Crippen MR) is 58.6 cm³/mol. The fourth-order valence-electron chi connectivity index (χ4n) is 1.89. The number of nitrogens with one attached hydrogen (secondary N) is 2. The maximum absolute atomic E-state index is 5.97. The Labute approximate surface area is 86.6 Å². The highest BCUT2D eigenvalue weighted by atomic mass is 35.5. The molecule has 2 aromatic rings. The van der Waals surface area contributed by atoms with E-state index in [1.807, 2.05) is 18.2 Å².